The second kappa shape index (κ2) is 9.68. The SMILES string of the molecule is O=[N+]([O-])c1cccc(CN2CCC(N(c3ccccc3)S(=O)(=O)c3ccc(F)cc3)CC2)c1. The lowest BCUT2D eigenvalue weighted by Crippen LogP contribution is -2.47. The number of nitro groups is 1. The van der Waals surface area contributed by atoms with Crippen LogP contribution < -0.4 is 4.31 Å². The van der Waals surface area contributed by atoms with Crippen LogP contribution in [-0.2, 0) is 16.6 Å². The van der Waals surface area contributed by atoms with Gasteiger partial charge in [-0.3, -0.25) is 19.3 Å². The Morgan fingerprint density at radius 3 is 2.27 bits per heavy atom. The molecule has 0 aromatic heterocycles. The first kappa shape index (κ1) is 22.9. The van der Waals surface area contributed by atoms with E-state index < -0.39 is 20.8 Å². The highest BCUT2D eigenvalue weighted by Crippen LogP contribution is 2.31. The van der Waals surface area contributed by atoms with Gasteiger partial charge in [-0.05, 0) is 54.8 Å². The Morgan fingerprint density at radius 1 is 0.970 bits per heavy atom. The number of hydrogen-bond donors (Lipinski definition) is 0. The highest BCUT2D eigenvalue weighted by molar-refractivity contribution is 7.92. The van der Waals surface area contributed by atoms with E-state index in [1.807, 2.05) is 12.1 Å². The van der Waals surface area contributed by atoms with E-state index in [9.17, 15) is 22.9 Å². The number of benzene rings is 3. The van der Waals surface area contributed by atoms with Crippen LogP contribution in [0.4, 0.5) is 15.8 Å². The summed E-state index contributed by atoms with van der Waals surface area (Å²) in [6.07, 6.45) is 1.20. The molecule has 3 aromatic rings. The van der Waals surface area contributed by atoms with Crippen molar-refractivity contribution in [3.63, 3.8) is 0 Å². The molecule has 1 aliphatic rings. The van der Waals surface area contributed by atoms with Crippen molar-refractivity contribution in [2.75, 3.05) is 17.4 Å². The molecule has 3 aromatic carbocycles. The van der Waals surface area contributed by atoms with Crippen LogP contribution in [0.25, 0.3) is 0 Å². The van der Waals surface area contributed by atoms with Crippen molar-refractivity contribution in [3.05, 3.63) is 100 Å². The Balaban J connectivity index is 1.53. The monoisotopic (exact) mass is 469 g/mol. The van der Waals surface area contributed by atoms with Gasteiger partial charge < -0.3 is 0 Å². The topological polar surface area (TPSA) is 83.8 Å². The standard InChI is InChI=1S/C24H24FN3O4S/c25-20-9-11-24(12-10-20)33(31,32)27(21-6-2-1-3-7-21)22-13-15-26(16-14-22)18-19-5-4-8-23(17-19)28(29)30/h1-12,17,22H,13-16,18H2. The van der Waals surface area contributed by atoms with Gasteiger partial charge in [0.05, 0.1) is 15.5 Å². The average molecular weight is 470 g/mol. The first-order valence-electron chi connectivity index (χ1n) is 10.7. The molecule has 0 spiro atoms. The van der Waals surface area contributed by atoms with Gasteiger partial charge in [0.1, 0.15) is 5.82 Å². The van der Waals surface area contributed by atoms with Crippen LogP contribution in [0.5, 0.6) is 0 Å². The number of likely N-dealkylation sites (tertiary alicyclic amines) is 1. The maximum Gasteiger partial charge on any atom is 0.269 e. The van der Waals surface area contributed by atoms with E-state index in [1.54, 1.807) is 36.4 Å². The van der Waals surface area contributed by atoms with Gasteiger partial charge in [0.2, 0.25) is 0 Å². The summed E-state index contributed by atoms with van der Waals surface area (Å²) in [5, 5.41) is 11.0. The van der Waals surface area contributed by atoms with E-state index in [0.717, 1.165) is 17.7 Å². The fourth-order valence-electron chi connectivity index (χ4n) is 4.18. The number of rotatable bonds is 7. The molecule has 0 N–H and O–H groups in total. The minimum atomic E-state index is -3.89. The number of nitrogens with zero attached hydrogens (tertiary/aromatic N) is 3. The van der Waals surface area contributed by atoms with Gasteiger partial charge >= 0.3 is 0 Å². The second-order valence-corrected chi connectivity index (χ2v) is 9.84. The van der Waals surface area contributed by atoms with Gasteiger partial charge in [-0.25, -0.2) is 12.8 Å². The largest absolute Gasteiger partial charge is 0.299 e. The molecule has 7 nitrogen and oxygen atoms in total. The predicted octanol–water partition coefficient (Wildman–Crippen LogP) is 4.59. The minimum absolute atomic E-state index is 0.0479. The van der Waals surface area contributed by atoms with E-state index in [1.165, 1.54) is 22.5 Å². The number of para-hydroxylation sites is 1. The lowest BCUT2D eigenvalue weighted by atomic mass is 10.0. The number of halogens is 1. The molecule has 0 unspecified atom stereocenters. The Morgan fingerprint density at radius 2 is 1.64 bits per heavy atom. The number of nitro benzene ring substituents is 1. The van der Waals surface area contributed by atoms with Crippen molar-refractivity contribution in [1.82, 2.24) is 4.90 Å². The molecule has 0 aliphatic carbocycles. The van der Waals surface area contributed by atoms with Crippen molar-refractivity contribution in [2.24, 2.45) is 0 Å². The quantitative estimate of drug-likeness (QED) is 0.373. The third-order valence-corrected chi connectivity index (χ3v) is 7.69. The maximum atomic E-state index is 13.5. The normalized spacial score (nSPS) is 15.3. The third kappa shape index (κ3) is 5.20. The Bertz CT molecular complexity index is 1210. The van der Waals surface area contributed by atoms with E-state index in [0.29, 0.717) is 38.2 Å². The average Bonchev–Trinajstić information content (AvgIpc) is 2.81. The minimum Gasteiger partial charge on any atom is -0.299 e. The first-order valence-corrected chi connectivity index (χ1v) is 12.1. The lowest BCUT2D eigenvalue weighted by molar-refractivity contribution is -0.384. The molecule has 9 heteroatoms. The number of hydrogen-bond acceptors (Lipinski definition) is 5. The number of sulfonamides is 1. The van der Waals surface area contributed by atoms with Gasteiger partial charge in [0.15, 0.2) is 0 Å². The van der Waals surface area contributed by atoms with Gasteiger partial charge in [0, 0.05) is 37.8 Å². The highest BCUT2D eigenvalue weighted by atomic mass is 32.2. The zero-order chi connectivity index (χ0) is 23.4. The summed E-state index contributed by atoms with van der Waals surface area (Å²) in [4.78, 5) is 12.8. The molecule has 0 radical (unpaired) electrons. The summed E-state index contributed by atoms with van der Waals surface area (Å²) in [7, 11) is -3.89. The van der Waals surface area contributed by atoms with Crippen LogP contribution in [-0.4, -0.2) is 37.4 Å². The van der Waals surface area contributed by atoms with Gasteiger partial charge in [0.25, 0.3) is 15.7 Å². The third-order valence-electron chi connectivity index (χ3n) is 5.80. The molecule has 1 heterocycles. The van der Waals surface area contributed by atoms with Crippen LogP contribution in [0.1, 0.15) is 18.4 Å². The lowest BCUT2D eigenvalue weighted by Gasteiger charge is -2.39. The first-order chi connectivity index (χ1) is 15.8. The van der Waals surface area contributed by atoms with Crippen LogP contribution >= 0.6 is 0 Å². The Labute approximate surface area is 192 Å². The van der Waals surface area contributed by atoms with Gasteiger partial charge in [-0.2, -0.15) is 0 Å². The summed E-state index contributed by atoms with van der Waals surface area (Å²) in [5.74, 6) is -0.491. The molecule has 4 rings (SSSR count). The van der Waals surface area contributed by atoms with Crippen LogP contribution in [0.3, 0.4) is 0 Å². The molecule has 0 amide bonds. The molecule has 1 fully saturated rings. The van der Waals surface area contributed by atoms with E-state index >= 15 is 0 Å². The van der Waals surface area contributed by atoms with Crippen LogP contribution in [0.15, 0.2) is 83.8 Å². The summed E-state index contributed by atoms with van der Waals surface area (Å²) in [6.45, 7) is 1.86. The zero-order valence-corrected chi connectivity index (χ0v) is 18.7. The molecule has 0 saturated carbocycles. The predicted molar refractivity (Wildman–Crippen MR) is 124 cm³/mol. The van der Waals surface area contributed by atoms with Crippen molar-refractivity contribution < 1.29 is 17.7 Å². The molecule has 0 bridgehead atoms. The summed E-state index contributed by atoms with van der Waals surface area (Å²) in [6, 6.07) is 20.1. The molecule has 1 aliphatic heterocycles. The molecule has 172 valence electrons. The second-order valence-electron chi connectivity index (χ2n) is 8.02. The summed E-state index contributed by atoms with van der Waals surface area (Å²) in [5.41, 5.74) is 1.48. The van der Waals surface area contributed by atoms with Crippen molar-refractivity contribution in [2.45, 2.75) is 30.3 Å². The number of piperidine rings is 1. The highest BCUT2D eigenvalue weighted by Gasteiger charge is 2.34. The summed E-state index contributed by atoms with van der Waals surface area (Å²) < 4.78 is 41.9. The van der Waals surface area contributed by atoms with Crippen molar-refractivity contribution in [1.29, 1.82) is 0 Å². The Kier molecular flexibility index (Phi) is 6.71. The smallest absolute Gasteiger partial charge is 0.269 e. The van der Waals surface area contributed by atoms with Crippen LogP contribution in [0.2, 0.25) is 0 Å². The van der Waals surface area contributed by atoms with E-state index in [4.69, 9.17) is 0 Å². The molecular formula is C24H24FN3O4S. The molecule has 1 saturated heterocycles. The van der Waals surface area contributed by atoms with Gasteiger partial charge in [-0.15, -0.1) is 0 Å². The van der Waals surface area contributed by atoms with E-state index in [-0.39, 0.29) is 16.6 Å². The number of non-ortho nitro benzene ring substituents is 1. The number of anilines is 1. The zero-order valence-electron chi connectivity index (χ0n) is 17.9. The fraction of sp³-hybridized carbons (Fsp3) is 0.250. The van der Waals surface area contributed by atoms with E-state index in [2.05, 4.69) is 4.90 Å². The van der Waals surface area contributed by atoms with Crippen molar-refractivity contribution >= 4 is 21.4 Å². The Hall–Kier alpha value is -3.30. The summed E-state index contributed by atoms with van der Waals surface area (Å²) >= 11 is 0. The molecular weight excluding hydrogens is 445 g/mol. The van der Waals surface area contributed by atoms with Crippen molar-refractivity contribution in [3.8, 4) is 0 Å². The van der Waals surface area contributed by atoms with Crippen LogP contribution in [0, 0.1) is 15.9 Å². The van der Waals surface area contributed by atoms with Gasteiger partial charge in [-0.1, -0.05) is 30.3 Å². The molecule has 33 heavy (non-hydrogen) atoms. The molecule has 0 atom stereocenters. The fourth-order valence-corrected chi connectivity index (χ4v) is 5.89. The maximum absolute atomic E-state index is 13.5.